The van der Waals surface area contributed by atoms with Crippen LogP contribution in [0.3, 0.4) is 0 Å². The largest absolute Gasteiger partial charge is 0.422 e. The quantitative estimate of drug-likeness (QED) is 0.297. The summed E-state index contributed by atoms with van der Waals surface area (Å²) in [6.07, 6.45) is 0. The summed E-state index contributed by atoms with van der Waals surface area (Å²) in [6.45, 7) is 0.382. The van der Waals surface area contributed by atoms with E-state index in [2.05, 4.69) is 31.2 Å². The highest BCUT2D eigenvalue weighted by atomic mass is 79.9. The van der Waals surface area contributed by atoms with Crippen LogP contribution in [-0.4, -0.2) is 9.97 Å². The zero-order valence-electron chi connectivity index (χ0n) is 15.7. The second kappa shape index (κ2) is 7.96. The highest BCUT2D eigenvalue weighted by Crippen LogP contribution is 2.27. The fourth-order valence-corrected chi connectivity index (χ4v) is 4.62. The van der Waals surface area contributed by atoms with Crippen LogP contribution in [0.2, 0.25) is 5.02 Å². The Morgan fingerprint density at radius 3 is 2.87 bits per heavy atom. The molecule has 5 rings (SSSR count). The maximum Gasteiger partial charge on any atom is 0.345 e. The molecule has 0 unspecified atom stereocenters. The van der Waals surface area contributed by atoms with E-state index in [1.165, 1.54) is 17.4 Å². The molecule has 0 aliphatic carbocycles. The minimum Gasteiger partial charge on any atom is -0.422 e. The van der Waals surface area contributed by atoms with Crippen molar-refractivity contribution in [3.63, 3.8) is 0 Å². The van der Waals surface area contributed by atoms with Crippen LogP contribution in [-0.2, 0) is 6.54 Å². The molecule has 0 aliphatic heterocycles. The van der Waals surface area contributed by atoms with E-state index < -0.39 is 5.63 Å². The van der Waals surface area contributed by atoms with E-state index in [9.17, 15) is 9.59 Å². The van der Waals surface area contributed by atoms with Crippen LogP contribution in [0.4, 0.5) is 5.13 Å². The predicted molar refractivity (Wildman–Crippen MR) is 128 cm³/mol. The summed E-state index contributed by atoms with van der Waals surface area (Å²) in [5, 5.41) is 7.90. The second-order valence-electron chi connectivity index (χ2n) is 6.87. The van der Waals surface area contributed by atoms with E-state index in [0.717, 1.165) is 20.8 Å². The number of nitrogens with one attached hydrogen (secondary N) is 2. The summed E-state index contributed by atoms with van der Waals surface area (Å²) in [7, 11) is 0. The number of hydrogen-bond acceptors (Lipinski definition) is 6. The molecule has 0 atom stereocenters. The van der Waals surface area contributed by atoms with E-state index >= 15 is 0 Å². The number of fused-ring (bicyclic) bond motifs is 2. The highest BCUT2D eigenvalue weighted by Gasteiger charge is 2.12. The molecule has 3 heterocycles. The lowest BCUT2D eigenvalue weighted by Crippen LogP contribution is -2.09. The minimum atomic E-state index is -0.443. The van der Waals surface area contributed by atoms with Crippen LogP contribution in [0.1, 0.15) is 5.56 Å². The normalized spacial score (nSPS) is 11.3. The van der Waals surface area contributed by atoms with Crippen molar-refractivity contribution in [2.75, 3.05) is 5.32 Å². The number of hydrogen-bond donors (Lipinski definition) is 2. The molecule has 154 valence electrons. The maximum atomic E-state index is 12.4. The number of pyridine rings is 1. The first-order chi connectivity index (χ1) is 15.0. The molecule has 2 N–H and O–H groups in total. The number of rotatable bonds is 4. The molecule has 5 aromatic rings. The van der Waals surface area contributed by atoms with Gasteiger partial charge in [-0.3, -0.25) is 4.79 Å². The van der Waals surface area contributed by atoms with Crippen molar-refractivity contribution in [2.24, 2.45) is 0 Å². The zero-order chi connectivity index (χ0) is 21.5. The van der Waals surface area contributed by atoms with E-state index in [-0.39, 0.29) is 5.56 Å². The van der Waals surface area contributed by atoms with Gasteiger partial charge in [-0.25, -0.2) is 9.78 Å². The van der Waals surface area contributed by atoms with Gasteiger partial charge in [0, 0.05) is 43.8 Å². The van der Waals surface area contributed by atoms with E-state index in [1.54, 1.807) is 29.6 Å². The van der Waals surface area contributed by atoms with Crippen molar-refractivity contribution < 1.29 is 4.42 Å². The Labute approximate surface area is 192 Å². The molecule has 0 saturated carbocycles. The number of anilines is 1. The standard InChI is InChI=1S/C22H13BrClN3O3S/c23-13-1-4-19-11(5-13)6-16(21(29)30-19)18-10-31-22(27-18)25-9-12-7-20(28)26-17-3-2-14(24)8-15(12)17/h1-8,10H,9H2,(H,25,27)(H,26,28). The Morgan fingerprint density at radius 1 is 1.13 bits per heavy atom. The lowest BCUT2D eigenvalue weighted by molar-refractivity contribution is 0.563. The van der Waals surface area contributed by atoms with Crippen molar-refractivity contribution in [1.29, 1.82) is 0 Å². The number of benzene rings is 2. The molecule has 0 bridgehead atoms. The van der Waals surface area contributed by atoms with Crippen molar-refractivity contribution >= 4 is 65.9 Å². The van der Waals surface area contributed by atoms with Gasteiger partial charge in [0.25, 0.3) is 0 Å². The zero-order valence-corrected chi connectivity index (χ0v) is 18.9. The van der Waals surface area contributed by atoms with Crippen LogP contribution >= 0.6 is 38.9 Å². The van der Waals surface area contributed by atoms with Gasteiger partial charge < -0.3 is 14.7 Å². The SMILES string of the molecule is O=c1cc(CNc2nc(-c3cc4cc(Br)ccc4oc3=O)cs2)c2cc(Cl)ccc2[nH]1. The Balaban J connectivity index is 1.45. The van der Waals surface area contributed by atoms with Crippen LogP contribution in [0, 0.1) is 0 Å². The molecule has 0 fully saturated rings. The van der Waals surface area contributed by atoms with Crippen LogP contribution in [0.25, 0.3) is 33.1 Å². The molecule has 31 heavy (non-hydrogen) atoms. The van der Waals surface area contributed by atoms with Crippen molar-refractivity contribution in [3.8, 4) is 11.3 Å². The average molecular weight is 515 g/mol. The van der Waals surface area contributed by atoms with Gasteiger partial charge in [0.2, 0.25) is 5.56 Å². The van der Waals surface area contributed by atoms with Gasteiger partial charge in [-0.2, -0.15) is 0 Å². The lowest BCUT2D eigenvalue weighted by atomic mass is 10.1. The predicted octanol–water partition coefficient (Wildman–Crippen LogP) is 5.79. The van der Waals surface area contributed by atoms with Gasteiger partial charge in [0.05, 0.1) is 11.3 Å². The summed E-state index contributed by atoms with van der Waals surface area (Å²) in [5.74, 6) is 0. The second-order valence-corrected chi connectivity index (χ2v) is 9.08. The molecule has 0 saturated heterocycles. The number of halogens is 2. The van der Waals surface area contributed by atoms with Crippen molar-refractivity contribution in [2.45, 2.75) is 6.54 Å². The monoisotopic (exact) mass is 513 g/mol. The molecule has 0 aliphatic rings. The molecule has 0 spiro atoms. The van der Waals surface area contributed by atoms with Gasteiger partial charge in [0.15, 0.2) is 5.13 Å². The first-order valence-corrected chi connectivity index (χ1v) is 11.3. The van der Waals surface area contributed by atoms with Crippen LogP contribution in [0.15, 0.2) is 72.4 Å². The Kier molecular flexibility index (Phi) is 5.13. The van der Waals surface area contributed by atoms with Gasteiger partial charge in [-0.15, -0.1) is 11.3 Å². The third-order valence-corrected chi connectivity index (χ3v) is 6.32. The third-order valence-electron chi connectivity index (χ3n) is 4.80. The average Bonchev–Trinajstić information content (AvgIpc) is 3.21. The minimum absolute atomic E-state index is 0.189. The molecule has 6 nitrogen and oxygen atoms in total. The summed E-state index contributed by atoms with van der Waals surface area (Å²) in [4.78, 5) is 31.8. The fraction of sp³-hybridized carbons (Fsp3) is 0.0455. The number of aromatic nitrogens is 2. The molecular weight excluding hydrogens is 502 g/mol. The smallest absolute Gasteiger partial charge is 0.345 e. The lowest BCUT2D eigenvalue weighted by Gasteiger charge is -2.07. The number of nitrogens with zero attached hydrogens (tertiary/aromatic N) is 1. The Morgan fingerprint density at radius 2 is 2.00 bits per heavy atom. The maximum absolute atomic E-state index is 12.4. The third kappa shape index (κ3) is 4.01. The number of thiazole rings is 1. The number of H-pyrrole nitrogens is 1. The first-order valence-electron chi connectivity index (χ1n) is 9.21. The van der Waals surface area contributed by atoms with E-state index in [4.69, 9.17) is 16.0 Å². The molecular formula is C22H13BrClN3O3S. The fourth-order valence-electron chi connectivity index (χ4n) is 3.36. The van der Waals surface area contributed by atoms with Crippen molar-refractivity contribution in [1.82, 2.24) is 9.97 Å². The van der Waals surface area contributed by atoms with Crippen LogP contribution < -0.4 is 16.5 Å². The van der Waals surface area contributed by atoms with E-state index in [0.29, 0.717) is 39.1 Å². The molecule has 0 radical (unpaired) electrons. The van der Waals surface area contributed by atoms with Gasteiger partial charge in [-0.05, 0) is 48.0 Å². The molecule has 0 amide bonds. The molecule has 9 heteroatoms. The summed E-state index contributed by atoms with van der Waals surface area (Å²) >= 11 is 10.9. The van der Waals surface area contributed by atoms with E-state index in [1.807, 2.05) is 18.2 Å². The van der Waals surface area contributed by atoms with Crippen molar-refractivity contribution in [3.05, 3.63) is 89.7 Å². The molecule has 3 aromatic heterocycles. The topological polar surface area (TPSA) is 88.0 Å². The summed E-state index contributed by atoms with van der Waals surface area (Å²) < 4.78 is 6.32. The summed E-state index contributed by atoms with van der Waals surface area (Å²) in [6, 6.07) is 14.1. The highest BCUT2D eigenvalue weighted by molar-refractivity contribution is 9.10. The molecule has 2 aromatic carbocycles. The van der Waals surface area contributed by atoms with Gasteiger partial charge >= 0.3 is 5.63 Å². The van der Waals surface area contributed by atoms with Gasteiger partial charge in [-0.1, -0.05) is 27.5 Å². The Bertz CT molecular complexity index is 1570. The van der Waals surface area contributed by atoms with Crippen LogP contribution in [0.5, 0.6) is 0 Å². The summed E-state index contributed by atoms with van der Waals surface area (Å²) in [5.41, 5.74) is 2.32. The van der Waals surface area contributed by atoms with Gasteiger partial charge in [0.1, 0.15) is 5.58 Å². The first kappa shape index (κ1) is 20.0. The number of aromatic amines is 1. The Hall–Kier alpha value is -2.94.